The van der Waals surface area contributed by atoms with Crippen LogP contribution in [-0.2, 0) is 19.4 Å². The third-order valence-electron chi connectivity index (χ3n) is 4.71. The summed E-state index contributed by atoms with van der Waals surface area (Å²) in [4.78, 5) is 39.7. The van der Waals surface area contributed by atoms with Gasteiger partial charge in [0.25, 0.3) is 11.1 Å². The topological polar surface area (TPSA) is 101 Å². The average molecular weight is 425 g/mol. The molecule has 8 nitrogen and oxygen atoms in total. The number of carbonyl (C=O) groups excluding carboxylic acids is 3. The van der Waals surface area contributed by atoms with Crippen molar-refractivity contribution in [1.29, 1.82) is 0 Å². The molecule has 10 heteroatoms. The van der Waals surface area contributed by atoms with Crippen LogP contribution in [0.5, 0.6) is 5.75 Å². The lowest BCUT2D eigenvalue weighted by Crippen LogP contribution is -2.45. The van der Waals surface area contributed by atoms with E-state index in [-0.39, 0.29) is 16.4 Å². The molecule has 2 heterocycles. The molecular formula is C18H20N2O6S2. The molecule has 1 aromatic rings. The van der Waals surface area contributed by atoms with Crippen molar-refractivity contribution >= 4 is 44.7 Å². The number of ether oxygens (including phenoxy) is 1. The van der Waals surface area contributed by atoms with Gasteiger partial charge < -0.3 is 9.64 Å². The molecule has 0 aromatic heterocycles. The van der Waals surface area contributed by atoms with Gasteiger partial charge in [-0.05, 0) is 42.0 Å². The number of rotatable bonds is 5. The summed E-state index contributed by atoms with van der Waals surface area (Å²) in [7, 11) is -0.105. The van der Waals surface area contributed by atoms with E-state index >= 15 is 0 Å². The lowest BCUT2D eigenvalue weighted by molar-refractivity contribution is -0.136. The third kappa shape index (κ3) is 4.39. The predicted octanol–water partition coefficient (Wildman–Crippen LogP) is 1.38. The first kappa shape index (κ1) is 20.4. The number of likely N-dealkylation sites (N-methyl/N-ethyl adjacent to an activating group) is 1. The van der Waals surface area contributed by atoms with Crippen LogP contribution < -0.4 is 4.74 Å². The van der Waals surface area contributed by atoms with Crippen molar-refractivity contribution in [1.82, 2.24) is 9.80 Å². The van der Waals surface area contributed by atoms with E-state index in [4.69, 9.17) is 4.74 Å². The lowest BCUT2D eigenvalue weighted by Gasteiger charge is -2.25. The number of benzene rings is 1. The first-order valence-corrected chi connectivity index (χ1v) is 11.2. The second-order valence-corrected chi connectivity index (χ2v) is 9.83. The fourth-order valence-electron chi connectivity index (χ4n) is 3.05. The Balaban J connectivity index is 1.69. The van der Waals surface area contributed by atoms with E-state index in [1.165, 1.54) is 19.1 Å². The van der Waals surface area contributed by atoms with Crippen molar-refractivity contribution in [3.8, 4) is 5.75 Å². The van der Waals surface area contributed by atoms with Gasteiger partial charge in [0.2, 0.25) is 5.91 Å². The van der Waals surface area contributed by atoms with Gasteiger partial charge in [0.05, 0.1) is 23.5 Å². The van der Waals surface area contributed by atoms with Crippen LogP contribution in [0.25, 0.3) is 6.08 Å². The summed E-state index contributed by atoms with van der Waals surface area (Å²) in [5, 5.41) is -0.528. The summed E-state index contributed by atoms with van der Waals surface area (Å²) < 4.78 is 28.3. The van der Waals surface area contributed by atoms with Gasteiger partial charge in [-0.2, -0.15) is 0 Å². The van der Waals surface area contributed by atoms with Crippen LogP contribution in [0.1, 0.15) is 12.0 Å². The second kappa shape index (κ2) is 7.96. The van der Waals surface area contributed by atoms with E-state index in [1.54, 1.807) is 30.3 Å². The van der Waals surface area contributed by atoms with Crippen LogP contribution in [0.15, 0.2) is 29.2 Å². The van der Waals surface area contributed by atoms with E-state index in [1.807, 2.05) is 0 Å². The van der Waals surface area contributed by atoms with E-state index in [0.717, 1.165) is 16.7 Å². The molecule has 3 rings (SSSR count). The fourth-order valence-corrected chi connectivity index (χ4v) is 5.66. The van der Waals surface area contributed by atoms with Crippen LogP contribution in [0, 0.1) is 0 Å². The highest BCUT2D eigenvalue weighted by molar-refractivity contribution is 8.18. The number of amides is 3. The molecule has 0 N–H and O–H groups in total. The summed E-state index contributed by atoms with van der Waals surface area (Å²) >= 11 is 0.767. The molecule has 2 aliphatic rings. The maximum atomic E-state index is 12.6. The highest BCUT2D eigenvalue weighted by atomic mass is 32.2. The van der Waals surface area contributed by atoms with Gasteiger partial charge in [-0.1, -0.05) is 12.1 Å². The van der Waals surface area contributed by atoms with E-state index in [0.29, 0.717) is 17.7 Å². The number of thioether (sulfide) groups is 1. The number of hydrogen-bond acceptors (Lipinski definition) is 7. The molecule has 1 unspecified atom stereocenters. The minimum Gasteiger partial charge on any atom is -0.497 e. The largest absolute Gasteiger partial charge is 0.497 e. The zero-order valence-electron chi connectivity index (χ0n) is 15.5. The Hall–Kier alpha value is -2.33. The Kier molecular flexibility index (Phi) is 5.80. The molecule has 2 saturated heterocycles. The molecule has 28 heavy (non-hydrogen) atoms. The number of methoxy groups -OCH3 is 1. The summed E-state index contributed by atoms with van der Waals surface area (Å²) in [6.07, 6.45) is 1.94. The number of carbonyl (C=O) groups is 3. The molecule has 2 aliphatic heterocycles. The zero-order chi connectivity index (χ0) is 20.5. The maximum absolute atomic E-state index is 12.6. The zero-order valence-corrected chi connectivity index (χ0v) is 17.1. The Labute approximate surface area is 167 Å². The Morgan fingerprint density at radius 3 is 2.79 bits per heavy atom. The lowest BCUT2D eigenvalue weighted by atomic mass is 10.2. The Bertz CT molecular complexity index is 957. The number of imide groups is 1. The minimum atomic E-state index is -3.14. The quantitative estimate of drug-likeness (QED) is 0.658. The molecule has 0 bridgehead atoms. The van der Waals surface area contributed by atoms with Crippen LogP contribution in [0.2, 0.25) is 0 Å². The Morgan fingerprint density at radius 1 is 1.39 bits per heavy atom. The fraction of sp³-hybridized carbons (Fsp3) is 0.389. The monoisotopic (exact) mass is 424 g/mol. The van der Waals surface area contributed by atoms with Crippen LogP contribution in [0.3, 0.4) is 0 Å². The van der Waals surface area contributed by atoms with Gasteiger partial charge in [-0.3, -0.25) is 19.3 Å². The SMILES string of the molecule is COc1cccc(/C=C2\SC(=O)N(CC(=O)N(C)C3CCS(=O)(=O)C3)C2=O)c1. The van der Waals surface area contributed by atoms with Crippen molar-refractivity contribution < 1.29 is 27.5 Å². The summed E-state index contributed by atoms with van der Waals surface area (Å²) in [6, 6.07) is 6.61. The molecule has 2 fully saturated rings. The van der Waals surface area contributed by atoms with Gasteiger partial charge in [-0.25, -0.2) is 8.42 Å². The standard InChI is InChI=1S/C18H20N2O6S2/c1-19(13-6-7-28(24,25)11-13)16(21)10-20-17(22)15(27-18(20)23)9-12-4-3-5-14(8-12)26-2/h3-5,8-9,13H,6-7,10-11H2,1-2H3/b15-9-. The van der Waals surface area contributed by atoms with Crippen LogP contribution >= 0.6 is 11.8 Å². The third-order valence-corrected chi connectivity index (χ3v) is 7.37. The first-order chi connectivity index (χ1) is 13.2. The Morgan fingerprint density at radius 2 is 2.14 bits per heavy atom. The molecule has 3 amide bonds. The van der Waals surface area contributed by atoms with Gasteiger partial charge in [0, 0.05) is 13.1 Å². The first-order valence-electron chi connectivity index (χ1n) is 8.55. The number of sulfone groups is 1. The average Bonchev–Trinajstić information content (AvgIpc) is 3.15. The normalized spacial score (nSPS) is 22.7. The van der Waals surface area contributed by atoms with E-state index in [9.17, 15) is 22.8 Å². The van der Waals surface area contributed by atoms with E-state index in [2.05, 4.69) is 0 Å². The number of hydrogen-bond donors (Lipinski definition) is 0. The smallest absolute Gasteiger partial charge is 0.294 e. The molecule has 0 aliphatic carbocycles. The molecule has 0 spiro atoms. The van der Waals surface area contributed by atoms with Crippen molar-refractivity contribution in [3.63, 3.8) is 0 Å². The molecule has 150 valence electrons. The van der Waals surface area contributed by atoms with Crippen molar-refractivity contribution in [2.75, 3.05) is 32.2 Å². The van der Waals surface area contributed by atoms with Gasteiger partial charge in [0.1, 0.15) is 12.3 Å². The predicted molar refractivity (Wildman–Crippen MR) is 105 cm³/mol. The van der Waals surface area contributed by atoms with Gasteiger partial charge in [0.15, 0.2) is 9.84 Å². The van der Waals surface area contributed by atoms with Crippen LogP contribution in [0.4, 0.5) is 4.79 Å². The summed E-state index contributed by atoms with van der Waals surface area (Å²) in [5.41, 5.74) is 0.699. The molecule has 1 aromatic carbocycles. The molecule has 0 radical (unpaired) electrons. The van der Waals surface area contributed by atoms with Gasteiger partial charge in [-0.15, -0.1) is 0 Å². The van der Waals surface area contributed by atoms with Crippen LogP contribution in [-0.4, -0.2) is 73.5 Å². The minimum absolute atomic E-state index is 0.0418. The van der Waals surface area contributed by atoms with Crippen molar-refractivity contribution in [2.24, 2.45) is 0 Å². The van der Waals surface area contributed by atoms with E-state index < -0.39 is 39.5 Å². The van der Waals surface area contributed by atoms with Gasteiger partial charge >= 0.3 is 0 Å². The number of nitrogens with zero attached hydrogens (tertiary/aromatic N) is 2. The molecule has 0 saturated carbocycles. The molecular weight excluding hydrogens is 404 g/mol. The highest BCUT2D eigenvalue weighted by Crippen LogP contribution is 2.32. The summed E-state index contributed by atoms with van der Waals surface area (Å²) in [6.45, 7) is -0.410. The molecule has 1 atom stereocenters. The maximum Gasteiger partial charge on any atom is 0.294 e. The second-order valence-electron chi connectivity index (χ2n) is 6.61. The highest BCUT2D eigenvalue weighted by Gasteiger charge is 2.39. The van der Waals surface area contributed by atoms with Crippen molar-refractivity contribution in [3.05, 3.63) is 34.7 Å². The van der Waals surface area contributed by atoms with Crippen molar-refractivity contribution in [2.45, 2.75) is 12.5 Å². The summed E-state index contributed by atoms with van der Waals surface area (Å²) in [5.74, 6) is -0.436.